The predicted molar refractivity (Wildman–Crippen MR) is 75.2 cm³/mol. The van der Waals surface area contributed by atoms with Crippen LogP contribution in [0.15, 0.2) is 18.2 Å². The smallest absolute Gasteiger partial charge is 0.231 e. The van der Waals surface area contributed by atoms with Crippen molar-refractivity contribution in [3.63, 3.8) is 0 Å². The molecule has 1 aliphatic carbocycles. The highest BCUT2D eigenvalue weighted by Gasteiger charge is 2.30. The molecule has 3 unspecified atom stereocenters. The summed E-state index contributed by atoms with van der Waals surface area (Å²) in [5, 5.41) is 10.1. The number of rotatable bonds is 4. The van der Waals surface area contributed by atoms with E-state index in [4.69, 9.17) is 14.2 Å². The molecule has 20 heavy (non-hydrogen) atoms. The van der Waals surface area contributed by atoms with Crippen LogP contribution in [0.4, 0.5) is 0 Å². The van der Waals surface area contributed by atoms with E-state index in [0.29, 0.717) is 5.92 Å². The molecule has 3 atom stereocenters. The summed E-state index contributed by atoms with van der Waals surface area (Å²) in [7, 11) is 0. The maximum absolute atomic E-state index is 10.1. The van der Waals surface area contributed by atoms with Gasteiger partial charge in [0.1, 0.15) is 11.9 Å². The van der Waals surface area contributed by atoms with E-state index in [0.717, 1.165) is 36.5 Å². The third-order valence-electron chi connectivity index (χ3n) is 4.19. The highest BCUT2D eigenvalue weighted by Crippen LogP contribution is 2.37. The van der Waals surface area contributed by atoms with Crippen LogP contribution < -0.4 is 14.2 Å². The molecule has 0 saturated heterocycles. The first-order valence-corrected chi connectivity index (χ1v) is 7.50. The minimum atomic E-state index is -0.367. The molecule has 2 aliphatic rings. The van der Waals surface area contributed by atoms with E-state index in [-0.39, 0.29) is 19.0 Å². The van der Waals surface area contributed by atoms with Crippen molar-refractivity contribution in [3.05, 3.63) is 18.2 Å². The Labute approximate surface area is 119 Å². The second-order valence-corrected chi connectivity index (χ2v) is 5.71. The molecule has 1 saturated carbocycles. The van der Waals surface area contributed by atoms with Gasteiger partial charge in [-0.25, -0.2) is 0 Å². The second kappa shape index (κ2) is 5.92. The molecular weight excluding hydrogens is 256 g/mol. The minimum absolute atomic E-state index is 0.110. The molecule has 1 aromatic rings. The lowest BCUT2D eigenvalue weighted by Crippen LogP contribution is -2.38. The fourth-order valence-electron chi connectivity index (χ4n) is 3.12. The van der Waals surface area contributed by atoms with Crippen LogP contribution in [0.1, 0.15) is 39.0 Å². The molecular formula is C16H22O4. The van der Waals surface area contributed by atoms with Crippen molar-refractivity contribution in [2.24, 2.45) is 5.92 Å². The Balaban J connectivity index is 1.66. The molecule has 0 spiro atoms. The average molecular weight is 278 g/mol. The summed E-state index contributed by atoms with van der Waals surface area (Å²) < 4.78 is 16.6. The van der Waals surface area contributed by atoms with Crippen molar-refractivity contribution in [1.29, 1.82) is 0 Å². The van der Waals surface area contributed by atoms with Crippen LogP contribution in [-0.2, 0) is 0 Å². The van der Waals surface area contributed by atoms with E-state index in [9.17, 15) is 5.11 Å². The van der Waals surface area contributed by atoms with Gasteiger partial charge in [-0.2, -0.15) is 0 Å². The molecule has 4 heteroatoms. The monoisotopic (exact) mass is 278 g/mol. The van der Waals surface area contributed by atoms with Crippen LogP contribution in [0.5, 0.6) is 17.2 Å². The van der Waals surface area contributed by atoms with Crippen LogP contribution >= 0.6 is 0 Å². The van der Waals surface area contributed by atoms with Gasteiger partial charge < -0.3 is 19.3 Å². The number of aliphatic hydroxyl groups is 1. The zero-order valence-electron chi connectivity index (χ0n) is 11.9. The summed E-state index contributed by atoms with van der Waals surface area (Å²) in [6.45, 7) is 2.47. The summed E-state index contributed by atoms with van der Waals surface area (Å²) in [6, 6.07) is 5.58. The Kier molecular flexibility index (Phi) is 4.01. The summed E-state index contributed by atoms with van der Waals surface area (Å²) in [4.78, 5) is 0. The topological polar surface area (TPSA) is 47.9 Å². The van der Waals surface area contributed by atoms with E-state index in [1.807, 2.05) is 18.2 Å². The van der Waals surface area contributed by atoms with Gasteiger partial charge in [0.05, 0.1) is 6.10 Å². The normalized spacial score (nSPS) is 28.4. The zero-order chi connectivity index (χ0) is 13.9. The number of benzene rings is 1. The maximum atomic E-state index is 10.1. The van der Waals surface area contributed by atoms with Gasteiger partial charge in [0.25, 0.3) is 0 Å². The molecule has 0 aromatic heterocycles. The number of ether oxygens (including phenoxy) is 3. The van der Waals surface area contributed by atoms with E-state index in [2.05, 4.69) is 6.92 Å². The fraction of sp³-hybridized carbons (Fsp3) is 0.625. The lowest BCUT2D eigenvalue weighted by molar-refractivity contribution is -0.0117. The molecule has 4 nitrogen and oxygen atoms in total. The van der Waals surface area contributed by atoms with Gasteiger partial charge in [-0.1, -0.05) is 19.8 Å². The Morgan fingerprint density at radius 1 is 1.25 bits per heavy atom. The first kappa shape index (κ1) is 13.6. The lowest BCUT2D eigenvalue weighted by atomic mass is 9.83. The van der Waals surface area contributed by atoms with Crippen molar-refractivity contribution >= 4 is 0 Å². The van der Waals surface area contributed by atoms with Crippen molar-refractivity contribution in [3.8, 4) is 17.2 Å². The van der Waals surface area contributed by atoms with E-state index in [1.165, 1.54) is 12.8 Å². The Morgan fingerprint density at radius 2 is 2.10 bits per heavy atom. The second-order valence-electron chi connectivity index (χ2n) is 5.71. The first-order valence-electron chi connectivity index (χ1n) is 7.50. The van der Waals surface area contributed by atoms with Gasteiger partial charge in [-0.15, -0.1) is 0 Å². The van der Waals surface area contributed by atoms with Crippen LogP contribution in [0, 0.1) is 5.92 Å². The van der Waals surface area contributed by atoms with Gasteiger partial charge in [0, 0.05) is 6.07 Å². The lowest BCUT2D eigenvalue weighted by Gasteiger charge is -2.33. The Hall–Kier alpha value is -1.42. The van der Waals surface area contributed by atoms with Crippen LogP contribution in [0.2, 0.25) is 0 Å². The minimum Gasteiger partial charge on any atom is -0.488 e. The standard InChI is InChI=1S/C16H22O4/c1-2-3-11-4-6-13(17)15(8-11)20-12-5-7-14-16(9-12)19-10-18-14/h5,7,9,11,13,15,17H,2-4,6,8,10H2,1H3. The fourth-order valence-corrected chi connectivity index (χ4v) is 3.12. The molecule has 0 radical (unpaired) electrons. The van der Waals surface area contributed by atoms with Crippen molar-refractivity contribution in [2.75, 3.05) is 6.79 Å². The molecule has 1 N–H and O–H groups in total. The molecule has 0 amide bonds. The molecule has 1 aromatic carbocycles. The summed E-state index contributed by atoms with van der Waals surface area (Å²) in [6.07, 6.45) is 4.80. The number of hydrogen-bond acceptors (Lipinski definition) is 4. The molecule has 1 heterocycles. The highest BCUT2D eigenvalue weighted by molar-refractivity contribution is 5.46. The predicted octanol–water partition coefficient (Wildman–Crippen LogP) is 3.12. The molecule has 0 bridgehead atoms. The third-order valence-corrected chi connectivity index (χ3v) is 4.19. The van der Waals surface area contributed by atoms with Gasteiger partial charge in [-0.3, -0.25) is 0 Å². The van der Waals surface area contributed by atoms with Crippen LogP contribution in [0.3, 0.4) is 0 Å². The molecule has 3 rings (SSSR count). The van der Waals surface area contributed by atoms with Gasteiger partial charge in [0.2, 0.25) is 6.79 Å². The van der Waals surface area contributed by atoms with E-state index in [1.54, 1.807) is 0 Å². The van der Waals surface area contributed by atoms with E-state index < -0.39 is 0 Å². The van der Waals surface area contributed by atoms with Crippen molar-refractivity contribution < 1.29 is 19.3 Å². The Bertz CT molecular complexity index is 460. The largest absolute Gasteiger partial charge is 0.488 e. The average Bonchev–Trinajstić information content (AvgIpc) is 2.90. The number of hydrogen-bond donors (Lipinski definition) is 1. The first-order chi connectivity index (χ1) is 9.76. The SMILES string of the molecule is CCCC1CCC(O)C(Oc2ccc3c(c2)OCO3)C1. The highest BCUT2D eigenvalue weighted by atomic mass is 16.7. The maximum Gasteiger partial charge on any atom is 0.231 e. The third kappa shape index (κ3) is 2.85. The summed E-state index contributed by atoms with van der Waals surface area (Å²) >= 11 is 0. The van der Waals surface area contributed by atoms with Crippen LogP contribution in [0.25, 0.3) is 0 Å². The molecule has 110 valence electrons. The van der Waals surface area contributed by atoms with Crippen molar-refractivity contribution in [1.82, 2.24) is 0 Å². The van der Waals surface area contributed by atoms with E-state index >= 15 is 0 Å². The van der Waals surface area contributed by atoms with Crippen LogP contribution in [-0.4, -0.2) is 24.1 Å². The van der Waals surface area contributed by atoms with Gasteiger partial charge >= 0.3 is 0 Å². The Morgan fingerprint density at radius 3 is 2.95 bits per heavy atom. The summed E-state index contributed by atoms with van der Waals surface area (Å²) in [5.74, 6) is 2.89. The van der Waals surface area contributed by atoms with Gasteiger partial charge in [0.15, 0.2) is 11.5 Å². The zero-order valence-corrected chi connectivity index (χ0v) is 11.9. The van der Waals surface area contributed by atoms with Crippen molar-refractivity contribution in [2.45, 2.75) is 51.2 Å². The van der Waals surface area contributed by atoms with Gasteiger partial charge in [-0.05, 0) is 37.3 Å². The number of aliphatic hydroxyl groups excluding tert-OH is 1. The quantitative estimate of drug-likeness (QED) is 0.919. The molecule has 1 aliphatic heterocycles. The summed E-state index contributed by atoms with van der Waals surface area (Å²) in [5.41, 5.74) is 0. The molecule has 1 fully saturated rings. The number of fused-ring (bicyclic) bond motifs is 1.